The van der Waals surface area contributed by atoms with Gasteiger partial charge in [0.1, 0.15) is 0 Å². The lowest BCUT2D eigenvalue weighted by molar-refractivity contribution is -0.0730. The van der Waals surface area contributed by atoms with Gasteiger partial charge in [-0.25, -0.2) is 0 Å². The van der Waals surface area contributed by atoms with Crippen molar-refractivity contribution in [2.75, 3.05) is 19.6 Å². The lowest BCUT2D eigenvalue weighted by Crippen LogP contribution is -2.60. The molecule has 0 spiro atoms. The van der Waals surface area contributed by atoms with Crippen molar-refractivity contribution in [2.45, 2.75) is 69.6 Å². The molecule has 3 heterocycles. The van der Waals surface area contributed by atoms with Crippen LogP contribution < -0.4 is 5.32 Å². The molecule has 2 N–H and O–H groups in total. The summed E-state index contributed by atoms with van der Waals surface area (Å²) in [7, 11) is 0. The summed E-state index contributed by atoms with van der Waals surface area (Å²) in [6, 6.07) is 1.01. The highest BCUT2D eigenvalue weighted by Gasteiger charge is 2.45. The van der Waals surface area contributed by atoms with Gasteiger partial charge in [0, 0.05) is 18.6 Å². The Kier molecular flexibility index (Phi) is 3.65. The zero-order valence-corrected chi connectivity index (χ0v) is 11.7. The van der Waals surface area contributed by atoms with Gasteiger partial charge in [-0.2, -0.15) is 0 Å². The summed E-state index contributed by atoms with van der Waals surface area (Å²) in [6.07, 6.45) is 8.34. The minimum atomic E-state index is -0.431. The van der Waals surface area contributed by atoms with Gasteiger partial charge in [0.2, 0.25) is 0 Å². The van der Waals surface area contributed by atoms with E-state index in [1.807, 2.05) is 0 Å². The van der Waals surface area contributed by atoms with Gasteiger partial charge in [-0.05, 0) is 57.5 Å². The highest BCUT2D eigenvalue weighted by molar-refractivity contribution is 5.02. The predicted molar refractivity (Wildman–Crippen MR) is 73.6 cm³/mol. The first-order chi connectivity index (χ1) is 8.71. The Morgan fingerprint density at radius 2 is 2.22 bits per heavy atom. The fourth-order valence-electron chi connectivity index (χ4n) is 4.36. The summed E-state index contributed by atoms with van der Waals surface area (Å²) in [5.74, 6) is 0.821. The van der Waals surface area contributed by atoms with E-state index in [1.54, 1.807) is 0 Å². The normalized spacial score (nSPS) is 46.0. The van der Waals surface area contributed by atoms with Gasteiger partial charge in [-0.1, -0.05) is 13.3 Å². The van der Waals surface area contributed by atoms with E-state index in [4.69, 9.17) is 0 Å². The number of nitrogens with one attached hydrogen (secondary N) is 1. The molecule has 3 fully saturated rings. The van der Waals surface area contributed by atoms with E-state index >= 15 is 0 Å². The van der Waals surface area contributed by atoms with Crippen LogP contribution in [0.4, 0.5) is 0 Å². The molecule has 3 nitrogen and oxygen atoms in total. The second kappa shape index (κ2) is 5.10. The van der Waals surface area contributed by atoms with Gasteiger partial charge < -0.3 is 15.3 Å². The van der Waals surface area contributed by atoms with Crippen LogP contribution in [0.2, 0.25) is 0 Å². The van der Waals surface area contributed by atoms with Crippen LogP contribution in [-0.2, 0) is 0 Å². The van der Waals surface area contributed by atoms with Crippen LogP contribution >= 0.6 is 0 Å². The lowest BCUT2D eigenvalue weighted by atomic mass is 9.75. The van der Waals surface area contributed by atoms with Crippen molar-refractivity contribution in [3.63, 3.8) is 0 Å². The molecule has 4 atom stereocenters. The molecule has 0 aromatic heterocycles. The van der Waals surface area contributed by atoms with Crippen molar-refractivity contribution in [3.05, 3.63) is 0 Å². The van der Waals surface area contributed by atoms with Crippen molar-refractivity contribution >= 4 is 0 Å². The van der Waals surface area contributed by atoms with Crippen molar-refractivity contribution < 1.29 is 5.11 Å². The Morgan fingerprint density at radius 3 is 3.06 bits per heavy atom. The number of hydrogen-bond acceptors (Lipinski definition) is 3. The lowest BCUT2D eigenvalue weighted by Gasteiger charge is -2.47. The predicted octanol–water partition coefficient (Wildman–Crippen LogP) is 1.75. The zero-order chi connectivity index (χ0) is 12.6. The zero-order valence-electron chi connectivity index (χ0n) is 11.7. The Balaban J connectivity index is 1.66. The van der Waals surface area contributed by atoms with Gasteiger partial charge in [-0.3, -0.25) is 0 Å². The van der Waals surface area contributed by atoms with Crippen LogP contribution in [0.15, 0.2) is 0 Å². The second-order valence-corrected chi connectivity index (χ2v) is 6.70. The van der Waals surface area contributed by atoms with Gasteiger partial charge in [0.15, 0.2) is 0 Å². The summed E-state index contributed by atoms with van der Waals surface area (Å²) in [5.41, 5.74) is -0.431. The number of piperidine rings is 2. The van der Waals surface area contributed by atoms with Gasteiger partial charge in [-0.15, -0.1) is 0 Å². The SMILES string of the molecule is CCC1CCNC(C2(O)CCN3CCCC3C2)C1. The quantitative estimate of drug-likeness (QED) is 0.786. The molecule has 3 aliphatic heterocycles. The smallest absolute Gasteiger partial charge is 0.0827 e. The maximum Gasteiger partial charge on any atom is 0.0827 e. The van der Waals surface area contributed by atoms with Crippen molar-refractivity contribution in [2.24, 2.45) is 5.92 Å². The molecule has 3 saturated heterocycles. The van der Waals surface area contributed by atoms with Crippen molar-refractivity contribution in [1.29, 1.82) is 0 Å². The van der Waals surface area contributed by atoms with Crippen LogP contribution in [0.5, 0.6) is 0 Å². The number of hydrogen-bond donors (Lipinski definition) is 2. The molecule has 0 aromatic carbocycles. The Labute approximate surface area is 111 Å². The molecule has 4 unspecified atom stereocenters. The van der Waals surface area contributed by atoms with Gasteiger partial charge >= 0.3 is 0 Å². The Morgan fingerprint density at radius 1 is 1.33 bits per heavy atom. The summed E-state index contributed by atoms with van der Waals surface area (Å²) < 4.78 is 0. The average molecular weight is 252 g/mol. The minimum Gasteiger partial charge on any atom is -0.388 e. The molecule has 18 heavy (non-hydrogen) atoms. The van der Waals surface area contributed by atoms with E-state index in [0.717, 1.165) is 31.8 Å². The molecule has 0 aromatic rings. The molecular formula is C15H28N2O. The second-order valence-electron chi connectivity index (χ2n) is 6.70. The highest BCUT2D eigenvalue weighted by Crippen LogP contribution is 2.38. The maximum absolute atomic E-state index is 11.1. The first kappa shape index (κ1) is 12.9. The molecule has 3 aliphatic rings. The van der Waals surface area contributed by atoms with E-state index in [1.165, 1.54) is 38.6 Å². The van der Waals surface area contributed by atoms with Crippen LogP contribution in [0.3, 0.4) is 0 Å². The minimum absolute atomic E-state index is 0.346. The molecule has 104 valence electrons. The first-order valence-corrected chi connectivity index (χ1v) is 7.91. The van der Waals surface area contributed by atoms with Gasteiger partial charge in [0.05, 0.1) is 5.60 Å². The third-order valence-corrected chi connectivity index (χ3v) is 5.66. The topological polar surface area (TPSA) is 35.5 Å². The molecule has 0 amide bonds. The number of fused-ring (bicyclic) bond motifs is 1. The van der Waals surface area contributed by atoms with Crippen molar-refractivity contribution in [1.82, 2.24) is 10.2 Å². The summed E-state index contributed by atoms with van der Waals surface area (Å²) in [6.45, 7) is 5.75. The number of rotatable bonds is 2. The largest absolute Gasteiger partial charge is 0.388 e. The third kappa shape index (κ3) is 2.33. The van der Waals surface area contributed by atoms with E-state index in [9.17, 15) is 5.11 Å². The van der Waals surface area contributed by atoms with E-state index in [2.05, 4.69) is 17.1 Å². The average Bonchev–Trinajstić information content (AvgIpc) is 2.86. The van der Waals surface area contributed by atoms with Crippen molar-refractivity contribution in [3.8, 4) is 0 Å². The van der Waals surface area contributed by atoms with E-state index in [0.29, 0.717) is 12.1 Å². The summed E-state index contributed by atoms with van der Waals surface area (Å²) in [5, 5.41) is 14.7. The number of aliphatic hydroxyl groups is 1. The summed E-state index contributed by atoms with van der Waals surface area (Å²) >= 11 is 0. The van der Waals surface area contributed by atoms with Crippen LogP contribution in [0.25, 0.3) is 0 Å². The number of nitrogens with zero attached hydrogens (tertiary/aromatic N) is 1. The molecular weight excluding hydrogens is 224 g/mol. The standard InChI is InChI=1S/C15H28N2O/c1-2-12-5-7-16-14(10-12)15(18)6-9-17-8-3-4-13(17)11-15/h12-14,16,18H,2-11H2,1H3. The third-order valence-electron chi connectivity index (χ3n) is 5.66. The van der Waals surface area contributed by atoms with E-state index in [-0.39, 0.29) is 0 Å². The monoisotopic (exact) mass is 252 g/mol. The first-order valence-electron chi connectivity index (χ1n) is 7.91. The molecule has 0 saturated carbocycles. The van der Waals surface area contributed by atoms with Crippen LogP contribution in [0.1, 0.15) is 51.9 Å². The fraction of sp³-hybridized carbons (Fsp3) is 1.00. The maximum atomic E-state index is 11.1. The molecule has 0 aliphatic carbocycles. The van der Waals surface area contributed by atoms with Crippen LogP contribution in [0, 0.1) is 5.92 Å². The summed E-state index contributed by atoms with van der Waals surface area (Å²) in [4.78, 5) is 2.59. The van der Waals surface area contributed by atoms with Crippen LogP contribution in [-0.4, -0.2) is 47.3 Å². The molecule has 0 bridgehead atoms. The fourth-order valence-corrected chi connectivity index (χ4v) is 4.36. The Hall–Kier alpha value is -0.120. The molecule has 3 heteroatoms. The highest BCUT2D eigenvalue weighted by atomic mass is 16.3. The molecule has 3 rings (SSSR count). The van der Waals surface area contributed by atoms with Gasteiger partial charge in [0.25, 0.3) is 0 Å². The Bertz CT molecular complexity index is 296. The van der Waals surface area contributed by atoms with E-state index < -0.39 is 5.60 Å². The molecule has 0 radical (unpaired) electrons.